The molecular formula is C6H3BrF2INO. The third-order valence-corrected chi connectivity index (χ3v) is 2.74. The summed E-state index contributed by atoms with van der Waals surface area (Å²) in [6.07, 6.45) is -2.62. The zero-order chi connectivity index (χ0) is 9.30. The van der Waals surface area contributed by atoms with Gasteiger partial charge in [-0.05, 0) is 44.6 Å². The van der Waals surface area contributed by atoms with E-state index in [9.17, 15) is 13.6 Å². The van der Waals surface area contributed by atoms with Crippen LogP contribution in [-0.2, 0) is 0 Å². The van der Waals surface area contributed by atoms with Gasteiger partial charge in [-0.3, -0.25) is 4.79 Å². The van der Waals surface area contributed by atoms with Crippen molar-refractivity contribution in [2.75, 3.05) is 0 Å². The quantitative estimate of drug-likeness (QED) is 0.613. The summed E-state index contributed by atoms with van der Waals surface area (Å²) in [6.45, 7) is 0. The van der Waals surface area contributed by atoms with Crippen molar-refractivity contribution in [2.24, 2.45) is 0 Å². The number of pyridine rings is 1. The standard InChI is InChI=1S/C6H3BrF2INO/c7-3-1-2(5(8)9)4(10)6(12)11-3/h1,5H,(H,11,12). The van der Waals surface area contributed by atoms with Crippen molar-refractivity contribution in [3.8, 4) is 0 Å². The molecule has 1 aromatic rings. The number of aromatic nitrogens is 1. The van der Waals surface area contributed by atoms with E-state index in [-0.39, 0.29) is 13.7 Å². The minimum absolute atomic E-state index is 0.0331. The Hall–Kier alpha value is 0.0200. The second-order valence-corrected chi connectivity index (χ2v) is 3.95. The van der Waals surface area contributed by atoms with Crippen molar-refractivity contribution in [1.82, 2.24) is 4.98 Å². The maximum atomic E-state index is 12.2. The molecule has 6 heteroatoms. The Balaban J connectivity index is 3.38. The SMILES string of the molecule is O=c1[nH]c(Br)cc(C(F)F)c1I. The first-order valence-corrected chi connectivity index (χ1v) is 4.76. The van der Waals surface area contributed by atoms with Gasteiger partial charge in [0.05, 0.1) is 8.17 Å². The highest BCUT2D eigenvalue weighted by atomic mass is 127. The van der Waals surface area contributed by atoms with Crippen LogP contribution in [0.15, 0.2) is 15.5 Å². The Kier molecular flexibility index (Phi) is 3.22. The van der Waals surface area contributed by atoms with E-state index in [2.05, 4.69) is 20.9 Å². The molecule has 1 aromatic heterocycles. The molecule has 0 bridgehead atoms. The Morgan fingerprint density at radius 2 is 2.17 bits per heavy atom. The van der Waals surface area contributed by atoms with E-state index < -0.39 is 12.0 Å². The molecule has 0 fully saturated rings. The van der Waals surface area contributed by atoms with Gasteiger partial charge in [0.15, 0.2) is 0 Å². The van der Waals surface area contributed by atoms with Crippen LogP contribution >= 0.6 is 38.5 Å². The van der Waals surface area contributed by atoms with Gasteiger partial charge in [0.25, 0.3) is 12.0 Å². The molecule has 12 heavy (non-hydrogen) atoms. The third kappa shape index (κ3) is 2.03. The molecule has 0 radical (unpaired) electrons. The number of H-pyrrole nitrogens is 1. The molecule has 0 amide bonds. The van der Waals surface area contributed by atoms with Crippen molar-refractivity contribution >= 4 is 38.5 Å². The topological polar surface area (TPSA) is 32.9 Å². The van der Waals surface area contributed by atoms with Crippen LogP contribution < -0.4 is 5.56 Å². The van der Waals surface area contributed by atoms with Crippen LogP contribution in [-0.4, -0.2) is 4.98 Å². The first-order chi connectivity index (χ1) is 5.52. The smallest absolute Gasteiger partial charge is 0.265 e. The predicted octanol–water partition coefficient (Wildman–Crippen LogP) is 2.68. The highest BCUT2D eigenvalue weighted by Crippen LogP contribution is 2.23. The number of nitrogens with one attached hydrogen (secondary N) is 1. The fraction of sp³-hybridized carbons (Fsp3) is 0.167. The fourth-order valence-corrected chi connectivity index (χ4v) is 1.64. The lowest BCUT2D eigenvalue weighted by Gasteiger charge is -2.01. The normalized spacial score (nSPS) is 10.8. The Bertz CT molecular complexity index is 352. The van der Waals surface area contributed by atoms with Crippen molar-refractivity contribution in [3.05, 3.63) is 30.2 Å². The zero-order valence-electron chi connectivity index (χ0n) is 5.57. The second-order valence-electron chi connectivity index (χ2n) is 2.02. The number of hydrogen-bond donors (Lipinski definition) is 1. The molecule has 0 aliphatic carbocycles. The summed E-state index contributed by atoms with van der Waals surface area (Å²) in [5, 5.41) is 0. The molecular weight excluding hydrogens is 347 g/mol. The average Bonchev–Trinajstić information content (AvgIpc) is 1.96. The van der Waals surface area contributed by atoms with Crippen LogP contribution in [0.1, 0.15) is 12.0 Å². The summed E-state index contributed by atoms with van der Waals surface area (Å²) < 4.78 is 24.7. The first-order valence-electron chi connectivity index (χ1n) is 2.88. The van der Waals surface area contributed by atoms with Gasteiger partial charge >= 0.3 is 0 Å². The molecule has 0 saturated carbocycles. The lowest BCUT2D eigenvalue weighted by molar-refractivity contribution is 0.150. The van der Waals surface area contributed by atoms with Gasteiger partial charge < -0.3 is 4.98 Å². The Morgan fingerprint density at radius 1 is 1.58 bits per heavy atom. The molecule has 0 aliphatic rings. The van der Waals surface area contributed by atoms with Crippen LogP contribution in [0.3, 0.4) is 0 Å². The summed E-state index contributed by atoms with van der Waals surface area (Å²) in [7, 11) is 0. The van der Waals surface area contributed by atoms with Gasteiger partial charge in [0.1, 0.15) is 0 Å². The van der Waals surface area contributed by atoms with E-state index in [1.807, 2.05) is 0 Å². The molecule has 0 aromatic carbocycles. The summed E-state index contributed by atoms with van der Waals surface area (Å²) >= 11 is 4.52. The summed E-state index contributed by atoms with van der Waals surface area (Å²) in [5.74, 6) is 0. The van der Waals surface area contributed by atoms with Crippen LogP contribution in [0.5, 0.6) is 0 Å². The molecule has 1 heterocycles. The van der Waals surface area contributed by atoms with Crippen LogP contribution in [0.2, 0.25) is 0 Å². The summed E-state index contributed by atoms with van der Waals surface area (Å²) in [6, 6.07) is 1.20. The van der Waals surface area contributed by atoms with Crippen molar-refractivity contribution < 1.29 is 8.78 Å². The molecule has 2 nitrogen and oxygen atoms in total. The number of alkyl halides is 2. The zero-order valence-corrected chi connectivity index (χ0v) is 9.32. The minimum atomic E-state index is -2.62. The molecule has 66 valence electrons. The number of hydrogen-bond acceptors (Lipinski definition) is 1. The Labute approximate surface area is 88.6 Å². The highest BCUT2D eigenvalue weighted by Gasteiger charge is 2.14. The molecule has 0 spiro atoms. The lowest BCUT2D eigenvalue weighted by atomic mass is 10.3. The number of halogens is 4. The maximum absolute atomic E-state index is 12.2. The number of rotatable bonds is 1. The monoisotopic (exact) mass is 349 g/mol. The van der Waals surface area contributed by atoms with Gasteiger partial charge in [-0.15, -0.1) is 0 Å². The van der Waals surface area contributed by atoms with Gasteiger partial charge in [0, 0.05) is 5.56 Å². The molecule has 1 rings (SSSR count). The van der Waals surface area contributed by atoms with E-state index in [4.69, 9.17) is 0 Å². The fourth-order valence-electron chi connectivity index (χ4n) is 0.689. The largest absolute Gasteiger partial charge is 0.316 e. The first kappa shape index (κ1) is 10.1. The van der Waals surface area contributed by atoms with Crippen molar-refractivity contribution in [3.63, 3.8) is 0 Å². The lowest BCUT2D eigenvalue weighted by Crippen LogP contribution is -2.12. The Morgan fingerprint density at radius 3 is 2.67 bits per heavy atom. The number of aromatic amines is 1. The van der Waals surface area contributed by atoms with Crippen molar-refractivity contribution in [2.45, 2.75) is 6.43 Å². The van der Waals surface area contributed by atoms with E-state index in [1.54, 1.807) is 22.6 Å². The molecule has 1 N–H and O–H groups in total. The van der Waals surface area contributed by atoms with E-state index >= 15 is 0 Å². The third-order valence-electron chi connectivity index (χ3n) is 1.20. The molecule has 0 unspecified atom stereocenters. The van der Waals surface area contributed by atoms with Gasteiger partial charge in [-0.2, -0.15) is 0 Å². The van der Waals surface area contributed by atoms with Crippen LogP contribution in [0.4, 0.5) is 8.78 Å². The minimum Gasteiger partial charge on any atom is -0.316 e. The van der Waals surface area contributed by atoms with Gasteiger partial charge in [-0.25, -0.2) is 8.78 Å². The summed E-state index contributed by atoms with van der Waals surface area (Å²) in [5.41, 5.74) is -0.744. The van der Waals surface area contributed by atoms with Crippen LogP contribution in [0, 0.1) is 3.57 Å². The highest BCUT2D eigenvalue weighted by molar-refractivity contribution is 14.1. The average molecular weight is 350 g/mol. The molecule has 0 aliphatic heterocycles. The van der Waals surface area contributed by atoms with Crippen molar-refractivity contribution in [1.29, 1.82) is 0 Å². The predicted molar refractivity (Wildman–Crippen MR) is 52.4 cm³/mol. The van der Waals surface area contributed by atoms with Crippen LogP contribution in [0.25, 0.3) is 0 Å². The van der Waals surface area contributed by atoms with E-state index in [1.165, 1.54) is 6.07 Å². The summed E-state index contributed by atoms with van der Waals surface area (Å²) in [4.78, 5) is 13.3. The van der Waals surface area contributed by atoms with Gasteiger partial charge in [0.2, 0.25) is 0 Å². The van der Waals surface area contributed by atoms with Gasteiger partial charge in [-0.1, -0.05) is 0 Å². The molecule has 0 saturated heterocycles. The van der Waals surface area contributed by atoms with E-state index in [0.717, 1.165) is 0 Å². The second kappa shape index (κ2) is 3.82. The maximum Gasteiger partial charge on any atom is 0.265 e. The van der Waals surface area contributed by atoms with E-state index in [0.29, 0.717) is 0 Å². The molecule has 0 atom stereocenters.